The highest BCUT2D eigenvalue weighted by molar-refractivity contribution is 14.0. The first-order chi connectivity index (χ1) is 12.0. The van der Waals surface area contributed by atoms with Crippen molar-refractivity contribution in [3.63, 3.8) is 0 Å². The molecule has 0 bridgehead atoms. The molecule has 0 saturated heterocycles. The van der Waals surface area contributed by atoms with Gasteiger partial charge in [-0.15, -0.1) is 24.0 Å². The van der Waals surface area contributed by atoms with E-state index < -0.39 is 5.91 Å². The number of rotatable bonds is 6. The van der Waals surface area contributed by atoms with E-state index >= 15 is 0 Å². The lowest BCUT2D eigenvalue weighted by Gasteiger charge is -2.22. The van der Waals surface area contributed by atoms with Crippen LogP contribution in [0.15, 0.2) is 53.5 Å². The fraction of sp³-hybridized carbons (Fsp3) is 0.263. The Hall–Kier alpha value is -1.80. The van der Waals surface area contributed by atoms with E-state index in [0.29, 0.717) is 12.1 Å². The van der Waals surface area contributed by atoms with Gasteiger partial charge in [0, 0.05) is 30.7 Å². The van der Waals surface area contributed by atoms with Crippen LogP contribution in [0.25, 0.3) is 0 Å². The lowest BCUT2D eigenvalue weighted by Crippen LogP contribution is -2.38. The number of halogens is 2. The van der Waals surface area contributed by atoms with Crippen molar-refractivity contribution in [2.45, 2.75) is 20.0 Å². The summed E-state index contributed by atoms with van der Waals surface area (Å²) in [5.41, 5.74) is 7.93. The Morgan fingerprint density at radius 2 is 1.69 bits per heavy atom. The molecule has 140 valence electrons. The number of hydrogen-bond donors (Lipinski definition) is 2. The second-order valence-electron chi connectivity index (χ2n) is 5.71. The number of amides is 1. The Kier molecular flexibility index (Phi) is 9.43. The topological polar surface area (TPSA) is 70.7 Å². The molecule has 0 aliphatic rings. The van der Waals surface area contributed by atoms with Crippen LogP contribution in [0.1, 0.15) is 28.4 Å². The summed E-state index contributed by atoms with van der Waals surface area (Å²) >= 11 is 5.93. The van der Waals surface area contributed by atoms with E-state index in [1.807, 2.05) is 50.4 Å². The molecule has 0 heterocycles. The summed E-state index contributed by atoms with van der Waals surface area (Å²) in [5, 5.41) is 4.02. The number of hydrogen-bond acceptors (Lipinski definition) is 2. The first-order valence-electron chi connectivity index (χ1n) is 8.12. The lowest BCUT2D eigenvalue weighted by atomic mass is 10.1. The fourth-order valence-corrected chi connectivity index (χ4v) is 2.47. The highest BCUT2D eigenvalue weighted by atomic mass is 127. The molecule has 0 atom stereocenters. The molecular weight excluding hydrogens is 463 g/mol. The van der Waals surface area contributed by atoms with Gasteiger partial charge < -0.3 is 16.0 Å². The molecule has 0 aliphatic heterocycles. The Labute approximate surface area is 176 Å². The van der Waals surface area contributed by atoms with Gasteiger partial charge in [-0.2, -0.15) is 0 Å². The van der Waals surface area contributed by atoms with E-state index in [1.54, 1.807) is 12.1 Å². The van der Waals surface area contributed by atoms with Gasteiger partial charge in [-0.25, -0.2) is 4.99 Å². The summed E-state index contributed by atoms with van der Waals surface area (Å²) in [6.07, 6.45) is 0. The predicted octanol–water partition coefficient (Wildman–Crippen LogP) is 3.65. The molecular formula is C19H24ClIN4O. The maximum absolute atomic E-state index is 11.1. The zero-order chi connectivity index (χ0) is 18.2. The van der Waals surface area contributed by atoms with E-state index in [2.05, 4.69) is 15.2 Å². The second-order valence-corrected chi connectivity index (χ2v) is 6.15. The molecule has 0 saturated carbocycles. The summed E-state index contributed by atoms with van der Waals surface area (Å²) in [7, 11) is 1.99. The molecule has 1 amide bonds. The third-order valence-electron chi connectivity index (χ3n) is 3.68. The number of carbonyl (C=O) groups is 1. The normalized spacial score (nSPS) is 10.8. The van der Waals surface area contributed by atoms with Crippen LogP contribution in [0.4, 0.5) is 0 Å². The molecule has 0 unspecified atom stereocenters. The Bertz CT molecular complexity index is 732. The molecule has 7 heteroatoms. The molecule has 5 nitrogen and oxygen atoms in total. The van der Waals surface area contributed by atoms with Crippen molar-refractivity contribution in [3.8, 4) is 0 Å². The zero-order valence-corrected chi connectivity index (χ0v) is 18.0. The summed E-state index contributed by atoms with van der Waals surface area (Å²) in [6.45, 7) is 4.06. The van der Waals surface area contributed by atoms with Crippen LogP contribution in [0, 0.1) is 0 Å². The monoisotopic (exact) mass is 486 g/mol. The van der Waals surface area contributed by atoms with Gasteiger partial charge in [-0.1, -0.05) is 35.9 Å². The second kappa shape index (κ2) is 11.0. The van der Waals surface area contributed by atoms with Gasteiger partial charge in [0.2, 0.25) is 5.91 Å². The number of guanidine groups is 1. The quantitative estimate of drug-likeness (QED) is 0.372. The molecule has 0 aliphatic carbocycles. The number of nitrogens with one attached hydrogen (secondary N) is 1. The van der Waals surface area contributed by atoms with Crippen LogP contribution in [0.5, 0.6) is 0 Å². The van der Waals surface area contributed by atoms with Crippen molar-refractivity contribution in [2.24, 2.45) is 10.7 Å². The molecule has 2 rings (SSSR count). The highest BCUT2D eigenvalue weighted by Gasteiger charge is 2.07. The summed E-state index contributed by atoms with van der Waals surface area (Å²) in [5.74, 6) is 0.391. The van der Waals surface area contributed by atoms with Gasteiger partial charge in [-0.05, 0) is 42.3 Å². The summed E-state index contributed by atoms with van der Waals surface area (Å²) in [4.78, 5) is 17.8. The molecule has 0 aromatic heterocycles. The zero-order valence-electron chi connectivity index (χ0n) is 14.9. The Morgan fingerprint density at radius 3 is 2.23 bits per heavy atom. The van der Waals surface area contributed by atoms with Gasteiger partial charge >= 0.3 is 0 Å². The summed E-state index contributed by atoms with van der Waals surface area (Å²) in [6, 6.07) is 15.0. The minimum atomic E-state index is -0.425. The maximum Gasteiger partial charge on any atom is 0.248 e. The van der Waals surface area contributed by atoms with Crippen molar-refractivity contribution in [3.05, 3.63) is 70.2 Å². The fourth-order valence-electron chi connectivity index (χ4n) is 2.35. The van der Waals surface area contributed by atoms with Crippen LogP contribution in [0.2, 0.25) is 5.02 Å². The third kappa shape index (κ3) is 6.84. The minimum absolute atomic E-state index is 0. The number of carbonyl (C=O) groups excluding carboxylic acids is 1. The van der Waals surface area contributed by atoms with Crippen LogP contribution in [-0.4, -0.2) is 30.4 Å². The molecule has 0 radical (unpaired) electrons. The number of benzene rings is 2. The average Bonchev–Trinajstić information content (AvgIpc) is 2.60. The average molecular weight is 487 g/mol. The van der Waals surface area contributed by atoms with Crippen molar-refractivity contribution in [1.82, 2.24) is 10.2 Å². The van der Waals surface area contributed by atoms with Gasteiger partial charge in [0.25, 0.3) is 0 Å². The highest BCUT2D eigenvalue weighted by Crippen LogP contribution is 2.11. The van der Waals surface area contributed by atoms with Gasteiger partial charge in [0.15, 0.2) is 5.96 Å². The molecule has 2 aromatic carbocycles. The standard InChI is InChI=1S/C19H23ClN4O.HI/c1-3-22-19(24(2)13-15-6-10-17(20)11-7-15)23-12-14-4-8-16(9-5-14)18(21)25;/h4-11H,3,12-13H2,1-2H3,(H2,21,25)(H,22,23);1H. The third-order valence-corrected chi connectivity index (χ3v) is 3.93. The van der Waals surface area contributed by atoms with E-state index in [4.69, 9.17) is 17.3 Å². The number of nitrogens with two attached hydrogens (primary N) is 1. The van der Waals surface area contributed by atoms with Gasteiger partial charge in [-0.3, -0.25) is 4.79 Å². The number of primary amides is 1. The first-order valence-corrected chi connectivity index (χ1v) is 8.50. The minimum Gasteiger partial charge on any atom is -0.366 e. The van der Waals surface area contributed by atoms with Crippen LogP contribution in [0.3, 0.4) is 0 Å². The Balaban J connectivity index is 0.00000338. The lowest BCUT2D eigenvalue weighted by molar-refractivity contribution is 0.100. The van der Waals surface area contributed by atoms with Crippen LogP contribution in [-0.2, 0) is 13.1 Å². The van der Waals surface area contributed by atoms with E-state index in [-0.39, 0.29) is 24.0 Å². The van der Waals surface area contributed by atoms with Gasteiger partial charge in [0.1, 0.15) is 0 Å². The van der Waals surface area contributed by atoms with Crippen LogP contribution < -0.4 is 11.1 Å². The van der Waals surface area contributed by atoms with Crippen molar-refractivity contribution in [1.29, 1.82) is 0 Å². The largest absolute Gasteiger partial charge is 0.366 e. The first kappa shape index (κ1) is 22.2. The number of nitrogens with zero attached hydrogens (tertiary/aromatic N) is 2. The maximum atomic E-state index is 11.1. The molecule has 0 fully saturated rings. The molecule has 0 spiro atoms. The predicted molar refractivity (Wildman–Crippen MR) is 118 cm³/mol. The van der Waals surface area contributed by atoms with Crippen molar-refractivity contribution < 1.29 is 4.79 Å². The number of aliphatic imine (C=N–C) groups is 1. The smallest absolute Gasteiger partial charge is 0.248 e. The SMILES string of the molecule is CCNC(=NCc1ccc(C(N)=O)cc1)N(C)Cc1ccc(Cl)cc1.I. The Morgan fingerprint density at radius 1 is 1.12 bits per heavy atom. The molecule has 26 heavy (non-hydrogen) atoms. The van der Waals surface area contributed by atoms with E-state index in [1.165, 1.54) is 0 Å². The van der Waals surface area contributed by atoms with Crippen molar-refractivity contribution in [2.75, 3.05) is 13.6 Å². The van der Waals surface area contributed by atoms with Crippen molar-refractivity contribution >= 4 is 47.4 Å². The molecule has 3 N–H and O–H groups in total. The van der Waals surface area contributed by atoms with Gasteiger partial charge in [0.05, 0.1) is 6.54 Å². The van der Waals surface area contributed by atoms with Crippen LogP contribution >= 0.6 is 35.6 Å². The summed E-state index contributed by atoms with van der Waals surface area (Å²) < 4.78 is 0. The van der Waals surface area contributed by atoms with E-state index in [0.717, 1.165) is 35.2 Å². The van der Waals surface area contributed by atoms with E-state index in [9.17, 15) is 4.79 Å². The molecule has 2 aromatic rings.